The van der Waals surface area contributed by atoms with Crippen molar-refractivity contribution in [1.82, 2.24) is 15.5 Å². The second kappa shape index (κ2) is 12.4. The molecule has 25 heavy (non-hydrogen) atoms. The standard InChI is InChI=1S/C19H32N4O.HI/c1-4-23-14-6-8-17(23)15-22-19(20-2)21-13-5-7-16-9-11-18(24-3)12-10-16;/h9-12,17H,4-8,13-15H2,1-3H3,(H2,20,21,22);1H. The van der Waals surface area contributed by atoms with Crippen molar-refractivity contribution in [2.45, 2.75) is 38.6 Å². The first-order chi connectivity index (χ1) is 11.8. The summed E-state index contributed by atoms with van der Waals surface area (Å²) in [6.07, 6.45) is 4.74. The van der Waals surface area contributed by atoms with Crippen LogP contribution in [0.5, 0.6) is 5.75 Å². The number of likely N-dealkylation sites (N-methyl/N-ethyl adjacent to an activating group) is 1. The maximum absolute atomic E-state index is 5.19. The molecule has 6 heteroatoms. The molecule has 0 saturated carbocycles. The van der Waals surface area contributed by atoms with Crippen LogP contribution in [0.2, 0.25) is 0 Å². The van der Waals surface area contributed by atoms with Gasteiger partial charge >= 0.3 is 0 Å². The third-order valence-electron chi connectivity index (χ3n) is 4.73. The minimum absolute atomic E-state index is 0. The highest BCUT2D eigenvalue weighted by Crippen LogP contribution is 2.15. The lowest BCUT2D eigenvalue weighted by molar-refractivity contribution is 0.267. The first kappa shape index (κ1) is 22.0. The minimum atomic E-state index is 0. The van der Waals surface area contributed by atoms with Crippen LogP contribution in [0.1, 0.15) is 31.7 Å². The zero-order valence-corrected chi connectivity index (χ0v) is 18.1. The molecule has 1 aliphatic rings. The monoisotopic (exact) mass is 460 g/mol. The van der Waals surface area contributed by atoms with Gasteiger partial charge in [0.2, 0.25) is 0 Å². The number of ether oxygens (including phenoxy) is 1. The van der Waals surface area contributed by atoms with Crippen molar-refractivity contribution in [2.75, 3.05) is 40.3 Å². The number of hydrogen-bond acceptors (Lipinski definition) is 3. The summed E-state index contributed by atoms with van der Waals surface area (Å²) in [4.78, 5) is 6.87. The lowest BCUT2D eigenvalue weighted by Crippen LogP contribution is -2.45. The van der Waals surface area contributed by atoms with Crippen LogP contribution in [0, 0.1) is 0 Å². The lowest BCUT2D eigenvalue weighted by Gasteiger charge is -2.24. The Morgan fingerprint density at radius 3 is 2.68 bits per heavy atom. The van der Waals surface area contributed by atoms with Gasteiger partial charge in [-0.15, -0.1) is 24.0 Å². The van der Waals surface area contributed by atoms with Gasteiger partial charge in [0.15, 0.2) is 5.96 Å². The quantitative estimate of drug-likeness (QED) is 0.271. The van der Waals surface area contributed by atoms with E-state index in [1.807, 2.05) is 19.2 Å². The Kier molecular flexibility index (Phi) is 10.9. The van der Waals surface area contributed by atoms with Crippen LogP contribution in [0.4, 0.5) is 0 Å². The average Bonchev–Trinajstić information content (AvgIpc) is 3.09. The average molecular weight is 460 g/mol. The van der Waals surface area contributed by atoms with Gasteiger partial charge in [-0.3, -0.25) is 9.89 Å². The van der Waals surface area contributed by atoms with Crippen LogP contribution >= 0.6 is 24.0 Å². The van der Waals surface area contributed by atoms with E-state index in [0.29, 0.717) is 6.04 Å². The van der Waals surface area contributed by atoms with Crippen molar-refractivity contribution in [2.24, 2.45) is 4.99 Å². The Bertz CT molecular complexity index is 507. The van der Waals surface area contributed by atoms with Crippen LogP contribution in [0.25, 0.3) is 0 Å². The summed E-state index contributed by atoms with van der Waals surface area (Å²) < 4.78 is 5.19. The van der Waals surface area contributed by atoms with Crippen molar-refractivity contribution in [3.63, 3.8) is 0 Å². The van der Waals surface area contributed by atoms with Gasteiger partial charge in [-0.05, 0) is 56.5 Å². The maximum Gasteiger partial charge on any atom is 0.191 e. The first-order valence-electron chi connectivity index (χ1n) is 9.08. The number of nitrogens with one attached hydrogen (secondary N) is 2. The normalized spacial score (nSPS) is 17.9. The zero-order valence-electron chi connectivity index (χ0n) is 15.8. The van der Waals surface area contributed by atoms with Crippen molar-refractivity contribution in [3.05, 3.63) is 29.8 Å². The Morgan fingerprint density at radius 1 is 1.28 bits per heavy atom. The largest absolute Gasteiger partial charge is 0.497 e. The predicted octanol–water partition coefficient (Wildman–Crippen LogP) is 2.90. The smallest absolute Gasteiger partial charge is 0.191 e. The van der Waals surface area contributed by atoms with E-state index >= 15 is 0 Å². The highest BCUT2D eigenvalue weighted by atomic mass is 127. The number of halogens is 1. The Morgan fingerprint density at radius 2 is 2.04 bits per heavy atom. The molecule has 1 atom stereocenters. The molecule has 1 fully saturated rings. The van der Waals surface area contributed by atoms with Crippen LogP contribution in [0.15, 0.2) is 29.3 Å². The van der Waals surface area contributed by atoms with Gasteiger partial charge in [-0.2, -0.15) is 0 Å². The third kappa shape index (κ3) is 7.40. The van der Waals surface area contributed by atoms with Gasteiger partial charge < -0.3 is 15.4 Å². The summed E-state index contributed by atoms with van der Waals surface area (Å²) in [6.45, 7) is 6.52. The molecule has 1 aromatic carbocycles. The number of nitrogens with zero attached hydrogens (tertiary/aromatic N) is 2. The van der Waals surface area contributed by atoms with E-state index in [9.17, 15) is 0 Å². The number of aliphatic imine (C=N–C) groups is 1. The summed E-state index contributed by atoms with van der Waals surface area (Å²) in [7, 11) is 3.54. The van der Waals surface area contributed by atoms with E-state index in [1.165, 1.54) is 24.9 Å². The number of hydrogen-bond donors (Lipinski definition) is 2. The molecule has 0 aliphatic carbocycles. The molecule has 0 aromatic heterocycles. The number of aryl methyl sites for hydroxylation is 1. The molecular formula is C19H33IN4O. The highest BCUT2D eigenvalue weighted by Gasteiger charge is 2.22. The summed E-state index contributed by atoms with van der Waals surface area (Å²) in [5.41, 5.74) is 1.34. The molecule has 1 aliphatic heterocycles. The molecule has 1 heterocycles. The summed E-state index contributed by atoms with van der Waals surface area (Å²) in [5, 5.41) is 6.88. The van der Waals surface area contributed by atoms with E-state index in [1.54, 1.807) is 7.11 Å². The van der Waals surface area contributed by atoms with Crippen LogP contribution in [-0.4, -0.2) is 57.2 Å². The molecule has 142 valence electrons. The molecule has 2 rings (SSSR count). The lowest BCUT2D eigenvalue weighted by atomic mass is 10.1. The molecule has 5 nitrogen and oxygen atoms in total. The molecule has 2 N–H and O–H groups in total. The van der Waals surface area contributed by atoms with Gasteiger partial charge in [0.1, 0.15) is 5.75 Å². The number of benzene rings is 1. The molecule has 0 radical (unpaired) electrons. The molecule has 0 bridgehead atoms. The molecular weight excluding hydrogens is 427 g/mol. The fourth-order valence-corrected chi connectivity index (χ4v) is 3.27. The van der Waals surface area contributed by atoms with Gasteiger partial charge in [0, 0.05) is 26.2 Å². The van der Waals surface area contributed by atoms with Crippen LogP contribution in [0.3, 0.4) is 0 Å². The van der Waals surface area contributed by atoms with Gasteiger partial charge in [0.05, 0.1) is 7.11 Å². The molecule has 1 saturated heterocycles. The maximum atomic E-state index is 5.19. The summed E-state index contributed by atoms with van der Waals surface area (Å²) in [5.74, 6) is 1.82. The molecule has 1 aromatic rings. The van der Waals surface area contributed by atoms with Gasteiger partial charge in [-0.1, -0.05) is 19.1 Å². The fourth-order valence-electron chi connectivity index (χ4n) is 3.27. The first-order valence-corrected chi connectivity index (χ1v) is 9.08. The van der Waals surface area contributed by atoms with Crippen LogP contribution < -0.4 is 15.4 Å². The fraction of sp³-hybridized carbons (Fsp3) is 0.632. The van der Waals surface area contributed by atoms with Crippen molar-refractivity contribution >= 4 is 29.9 Å². The number of likely N-dealkylation sites (tertiary alicyclic amines) is 1. The third-order valence-corrected chi connectivity index (χ3v) is 4.73. The Labute approximate surface area is 169 Å². The van der Waals surface area contributed by atoms with E-state index in [0.717, 1.165) is 44.2 Å². The minimum Gasteiger partial charge on any atom is -0.497 e. The molecule has 1 unspecified atom stereocenters. The topological polar surface area (TPSA) is 48.9 Å². The summed E-state index contributed by atoms with van der Waals surface area (Å²) in [6, 6.07) is 8.94. The van der Waals surface area contributed by atoms with Gasteiger partial charge in [0.25, 0.3) is 0 Å². The summed E-state index contributed by atoms with van der Waals surface area (Å²) >= 11 is 0. The van der Waals surface area contributed by atoms with Crippen molar-refractivity contribution < 1.29 is 4.74 Å². The SMILES string of the molecule is CCN1CCCC1CNC(=NC)NCCCc1ccc(OC)cc1.I. The molecule has 0 amide bonds. The number of rotatable bonds is 8. The Balaban J connectivity index is 0.00000312. The van der Waals surface area contributed by atoms with E-state index in [2.05, 4.69) is 39.6 Å². The van der Waals surface area contributed by atoms with E-state index in [4.69, 9.17) is 4.74 Å². The zero-order chi connectivity index (χ0) is 17.2. The molecule has 0 spiro atoms. The second-order valence-electron chi connectivity index (χ2n) is 6.26. The van der Waals surface area contributed by atoms with E-state index in [-0.39, 0.29) is 24.0 Å². The second-order valence-corrected chi connectivity index (χ2v) is 6.26. The number of guanidine groups is 1. The van der Waals surface area contributed by atoms with Crippen molar-refractivity contribution in [1.29, 1.82) is 0 Å². The highest BCUT2D eigenvalue weighted by molar-refractivity contribution is 14.0. The van der Waals surface area contributed by atoms with Crippen LogP contribution in [-0.2, 0) is 6.42 Å². The van der Waals surface area contributed by atoms with Crippen molar-refractivity contribution in [3.8, 4) is 5.75 Å². The predicted molar refractivity (Wildman–Crippen MR) is 116 cm³/mol. The number of methoxy groups -OCH3 is 1. The Hall–Kier alpha value is -1.02. The van der Waals surface area contributed by atoms with Gasteiger partial charge in [-0.25, -0.2) is 0 Å². The van der Waals surface area contributed by atoms with E-state index < -0.39 is 0 Å².